The summed E-state index contributed by atoms with van der Waals surface area (Å²) in [6, 6.07) is 7.56. The van der Waals surface area contributed by atoms with Crippen molar-refractivity contribution in [1.29, 1.82) is 0 Å². The van der Waals surface area contributed by atoms with Crippen molar-refractivity contribution >= 4 is 17.5 Å². The minimum absolute atomic E-state index is 0.0315. The van der Waals surface area contributed by atoms with Crippen LogP contribution < -0.4 is 14.8 Å². The van der Waals surface area contributed by atoms with E-state index in [1.807, 2.05) is 5.32 Å². The highest BCUT2D eigenvalue weighted by atomic mass is 35.5. The molecule has 4 nitrogen and oxygen atoms in total. The number of rotatable bonds is 3. The number of ether oxygens (including phenoxy) is 2. The molecule has 0 saturated heterocycles. The van der Waals surface area contributed by atoms with Gasteiger partial charge in [0.25, 0.3) is 5.91 Å². The molecule has 0 fully saturated rings. The van der Waals surface area contributed by atoms with Crippen molar-refractivity contribution in [1.82, 2.24) is 5.32 Å². The predicted molar refractivity (Wildman–Crippen MR) is 85.1 cm³/mol. The van der Waals surface area contributed by atoms with Crippen molar-refractivity contribution in [2.24, 2.45) is 0 Å². The average molecular weight is 372 g/mol. The summed E-state index contributed by atoms with van der Waals surface area (Å²) < 4.78 is 51.1. The largest absolute Gasteiger partial charge is 0.486 e. The van der Waals surface area contributed by atoms with Crippen molar-refractivity contribution in [3.05, 3.63) is 58.6 Å². The van der Waals surface area contributed by atoms with Crippen molar-refractivity contribution in [2.45, 2.75) is 12.2 Å². The third-order valence-corrected chi connectivity index (χ3v) is 3.95. The molecule has 1 N–H and O–H groups in total. The Kier molecular flexibility index (Phi) is 4.76. The fourth-order valence-electron chi connectivity index (χ4n) is 2.45. The van der Waals surface area contributed by atoms with E-state index in [2.05, 4.69) is 0 Å². The van der Waals surface area contributed by atoms with Gasteiger partial charge in [0.15, 0.2) is 17.5 Å². The third kappa shape index (κ3) is 3.82. The van der Waals surface area contributed by atoms with Crippen molar-refractivity contribution in [3.8, 4) is 11.5 Å². The highest BCUT2D eigenvalue weighted by Crippen LogP contribution is 2.38. The molecule has 0 aliphatic carbocycles. The number of fused-ring (bicyclic) bond motifs is 1. The Hall–Kier alpha value is -2.41. The molecule has 8 heteroatoms. The van der Waals surface area contributed by atoms with Gasteiger partial charge in [0.05, 0.1) is 10.6 Å². The highest BCUT2D eigenvalue weighted by molar-refractivity contribution is 6.33. The molecular weight excluding hydrogens is 359 g/mol. The third-order valence-electron chi connectivity index (χ3n) is 3.62. The lowest BCUT2D eigenvalue weighted by Crippen LogP contribution is -2.38. The van der Waals surface area contributed by atoms with Gasteiger partial charge in [0, 0.05) is 0 Å². The Morgan fingerprint density at radius 3 is 2.44 bits per heavy atom. The van der Waals surface area contributed by atoms with Gasteiger partial charge in [-0.3, -0.25) is 4.79 Å². The summed E-state index contributed by atoms with van der Waals surface area (Å²) in [6.45, 7) is 0.581. The molecule has 1 amide bonds. The molecule has 25 heavy (non-hydrogen) atoms. The minimum atomic E-state index is -4.69. The number of hydrogen-bond donors (Lipinski definition) is 1. The number of carbonyl (C=O) groups is 1. The van der Waals surface area contributed by atoms with Crippen molar-refractivity contribution in [3.63, 3.8) is 0 Å². The van der Waals surface area contributed by atoms with E-state index in [9.17, 15) is 18.0 Å². The maximum atomic E-state index is 13.5. The van der Waals surface area contributed by atoms with Crippen LogP contribution >= 0.6 is 11.6 Å². The lowest BCUT2D eigenvalue weighted by Gasteiger charge is -2.24. The summed E-state index contributed by atoms with van der Waals surface area (Å²) >= 11 is 5.88. The molecule has 1 heterocycles. The zero-order valence-corrected chi connectivity index (χ0v) is 13.5. The van der Waals surface area contributed by atoms with E-state index in [0.29, 0.717) is 12.4 Å². The SMILES string of the molecule is O=C(N[C@H](c1ccc2c(c1)OCCO2)C(F)(F)F)c1ccccc1Cl. The van der Waals surface area contributed by atoms with Crippen LogP contribution in [0.2, 0.25) is 5.02 Å². The lowest BCUT2D eigenvalue weighted by molar-refractivity contribution is -0.155. The maximum Gasteiger partial charge on any atom is 0.412 e. The average Bonchev–Trinajstić information content (AvgIpc) is 2.58. The number of nitrogens with one attached hydrogen (secondary N) is 1. The van der Waals surface area contributed by atoms with E-state index in [-0.39, 0.29) is 28.5 Å². The van der Waals surface area contributed by atoms with Gasteiger partial charge in [-0.05, 0) is 29.8 Å². The summed E-state index contributed by atoms with van der Waals surface area (Å²) in [6.07, 6.45) is -4.69. The monoisotopic (exact) mass is 371 g/mol. The second-order valence-electron chi connectivity index (χ2n) is 5.33. The molecule has 2 aromatic carbocycles. The zero-order valence-electron chi connectivity index (χ0n) is 12.8. The number of benzene rings is 2. The van der Waals surface area contributed by atoms with Gasteiger partial charge >= 0.3 is 6.18 Å². The number of amides is 1. The van der Waals surface area contributed by atoms with Crippen LogP contribution in [0.15, 0.2) is 42.5 Å². The van der Waals surface area contributed by atoms with E-state index in [4.69, 9.17) is 21.1 Å². The van der Waals surface area contributed by atoms with Gasteiger partial charge < -0.3 is 14.8 Å². The second kappa shape index (κ2) is 6.84. The van der Waals surface area contributed by atoms with E-state index < -0.39 is 18.1 Å². The van der Waals surface area contributed by atoms with E-state index in [0.717, 1.165) is 0 Å². The first kappa shape index (κ1) is 17.4. The summed E-state index contributed by atoms with van der Waals surface area (Å²) in [5.41, 5.74) is -0.187. The smallest absolute Gasteiger partial charge is 0.412 e. The molecule has 0 unspecified atom stereocenters. The molecule has 0 saturated carbocycles. The molecule has 1 atom stereocenters. The molecule has 3 rings (SSSR count). The van der Waals surface area contributed by atoms with Crippen molar-refractivity contribution < 1.29 is 27.4 Å². The fourth-order valence-corrected chi connectivity index (χ4v) is 2.67. The molecule has 1 aliphatic rings. The first-order chi connectivity index (χ1) is 11.9. The van der Waals surface area contributed by atoms with E-state index in [1.54, 1.807) is 6.07 Å². The van der Waals surface area contributed by atoms with Crippen LogP contribution in [0.4, 0.5) is 13.2 Å². The number of alkyl halides is 3. The molecule has 1 aliphatic heterocycles. The fraction of sp³-hybridized carbons (Fsp3) is 0.235. The summed E-state index contributed by atoms with van der Waals surface area (Å²) in [7, 11) is 0. The minimum Gasteiger partial charge on any atom is -0.486 e. The van der Waals surface area contributed by atoms with Crippen LogP contribution in [0.3, 0.4) is 0 Å². The Morgan fingerprint density at radius 1 is 1.08 bits per heavy atom. The van der Waals surface area contributed by atoms with Crippen LogP contribution in [-0.4, -0.2) is 25.3 Å². The molecular formula is C17H13ClF3NO3. The van der Waals surface area contributed by atoms with Crippen LogP contribution in [0.5, 0.6) is 11.5 Å². The number of carbonyl (C=O) groups excluding carboxylic acids is 1. The van der Waals surface area contributed by atoms with Gasteiger partial charge in [0.2, 0.25) is 0 Å². The molecule has 132 valence electrons. The molecule has 0 bridgehead atoms. The van der Waals surface area contributed by atoms with Crippen LogP contribution in [0.1, 0.15) is 22.0 Å². The second-order valence-corrected chi connectivity index (χ2v) is 5.74. The standard InChI is InChI=1S/C17H13ClF3NO3/c18-12-4-2-1-3-11(12)16(23)22-15(17(19,20)21)10-5-6-13-14(9-10)25-8-7-24-13/h1-6,9,15H,7-8H2,(H,22,23)/t15-/m1/s1. The van der Waals surface area contributed by atoms with Gasteiger partial charge in [0.1, 0.15) is 13.2 Å². The van der Waals surface area contributed by atoms with Gasteiger partial charge in [-0.25, -0.2) is 0 Å². The zero-order chi connectivity index (χ0) is 18.0. The molecule has 2 aromatic rings. The Morgan fingerprint density at radius 2 is 1.76 bits per heavy atom. The Bertz CT molecular complexity index is 795. The molecule has 0 aromatic heterocycles. The predicted octanol–water partition coefficient (Wildman–Crippen LogP) is 4.14. The lowest BCUT2D eigenvalue weighted by atomic mass is 10.0. The molecule has 0 spiro atoms. The van der Waals surface area contributed by atoms with Gasteiger partial charge in [-0.1, -0.05) is 29.8 Å². The first-order valence-corrected chi connectivity index (χ1v) is 7.76. The summed E-state index contributed by atoms with van der Waals surface area (Å²) in [4.78, 5) is 12.2. The number of halogens is 4. The van der Waals surface area contributed by atoms with Gasteiger partial charge in [-0.15, -0.1) is 0 Å². The number of hydrogen-bond acceptors (Lipinski definition) is 3. The quantitative estimate of drug-likeness (QED) is 0.882. The van der Waals surface area contributed by atoms with Crippen LogP contribution in [-0.2, 0) is 0 Å². The summed E-state index contributed by atoms with van der Waals surface area (Å²) in [5, 5.41) is 2.06. The van der Waals surface area contributed by atoms with Crippen molar-refractivity contribution in [2.75, 3.05) is 13.2 Å². The Labute approximate surface area is 146 Å². The van der Waals surface area contributed by atoms with E-state index >= 15 is 0 Å². The van der Waals surface area contributed by atoms with E-state index in [1.165, 1.54) is 36.4 Å². The first-order valence-electron chi connectivity index (χ1n) is 7.38. The maximum absolute atomic E-state index is 13.5. The topological polar surface area (TPSA) is 47.6 Å². The van der Waals surface area contributed by atoms with Gasteiger partial charge in [-0.2, -0.15) is 13.2 Å². The van der Waals surface area contributed by atoms with Crippen LogP contribution in [0.25, 0.3) is 0 Å². The highest BCUT2D eigenvalue weighted by Gasteiger charge is 2.42. The Balaban J connectivity index is 1.91. The van der Waals surface area contributed by atoms with Crippen LogP contribution in [0, 0.1) is 0 Å². The molecule has 0 radical (unpaired) electrons. The summed E-state index contributed by atoms with van der Waals surface area (Å²) in [5.74, 6) is -0.332. The normalized spacial score (nSPS) is 14.7.